The second-order valence-electron chi connectivity index (χ2n) is 5.11. The molecule has 0 radical (unpaired) electrons. The van der Waals surface area contributed by atoms with Crippen LogP contribution in [0, 0.1) is 60.2 Å². The van der Waals surface area contributed by atoms with E-state index < -0.39 is 5.25 Å². The van der Waals surface area contributed by atoms with Crippen molar-refractivity contribution in [1.82, 2.24) is 10.2 Å². The highest BCUT2D eigenvalue weighted by atomic mass is 32.2. The number of hydrogen-bond acceptors (Lipinski definition) is 5. The van der Waals surface area contributed by atoms with Gasteiger partial charge in [0.05, 0.1) is 5.25 Å². The molecule has 1 saturated heterocycles. The molecular weight excluding hydrogens is 376 g/mol. The van der Waals surface area contributed by atoms with Crippen LogP contribution in [0.15, 0.2) is 0 Å². The van der Waals surface area contributed by atoms with Crippen molar-refractivity contribution < 1.29 is 19.2 Å². The fraction of sp³-hybridized carbons (Fsp3) is 0.333. The van der Waals surface area contributed by atoms with Gasteiger partial charge in [-0.1, -0.05) is 0 Å². The number of hydrogen-bond donors (Lipinski definition) is 1. The number of nitrogens with zero attached hydrogens (tertiary/aromatic N) is 1. The van der Waals surface area contributed by atoms with E-state index in [1.54, 1.807) is 0 Å². The van der Waals surface area contributed by atoms with E-state index in [4.69, 9.17) is 12.8 Å². The monoisotopic (exact) mass is 394 g/mol. The Morgan fingerprint density at radius 2 is 1.61 bits per heavy atom. The first-order valence-corrected chi connectivity index (χ1v) is 8.99. The zero-order chi connectivity index (χ0) is 21.4. The van der Waals surface area contributed by atoms with E-state index in [0.29, 0.717) is 12.2 Å². The molecule has 0 aliphatic carbocycles. The topological polar surface area (TPSA) is 83.6 Å². The summed E-state index contributed by atoms with van der Waals surface area (Å²) in [5.41, 5.74) is 0. The molecule has 0 aromatic carbocycles. The Labute approximate surface area is 169 Å². The van der Waals surface area contributed by atoms with Crippen LogP contribution < -0.4 is 5.32 Å². The quantitative estimate of drug-likeness (QED) is 0.513. The van der Waals surface area contributed by atoms with Gasteiger partial charge in [0.2, 0.25) is 17.7 Å². The fourth-order valence-corrected chi connectivity index (χ4v) is 2.90. The van der Waals surface area contributed by atoms with Crippen molar-refractivity contribution in [2.24, 2.45) is 0 Å². The summed E-state index contributed by atoms with van der Waals surface area (Å²) in [6.07, 6.45) is 10.2. The largest absolute Gasteiger partial charge is 0.338 e. The van der Waals surface area contributed by atoms with Crippen molar-refractivity contribution in [3.63, 3.8) is 0 Å². The number of ketones is 1. The van der Waals surface area contributed by atoms with E-state index in [1.807, 2.05) is 0 Å². The average molecular weight is 394 g/mol. The van der Waals surface area contributed by atoms with Gasteiger partial charge in [0.25, 0.3) is 0 Å². The number of Topliss-reactive ketones (excluding diaryl/α,β-unsaturated/α-hetero) is 1. The SMILES string of the molecule is C#CC#CC#CC#CC#C.CC(=O)CCSC1CC(=O)N(CNC(C)=O)C1=O. The lowest BCUT2D eigenvalue weighted by molar-refractivity contribution is -0.139. The third-order valence-corrected chi connectivity index (χ3v) is 4.13. The Hall–Kier alpha value is -3.57. The van der Waals surface area contributed by atoms with Gasteiger partial charge in [-0.3, -0.25) is 24.1 Å². The Bertz CT molecular complexity index is 853. The van der Waals surface area contributed by atoms with Crippen molar-refractivity contribution in [3.8, 4) is 60.2 Å². The molecule has 0 bridgehead atoms. The third kappa shape index (κ3) is 11.1. The van der Waals surface area contributed by atoms with Gasteiger partial charge in [-0.25, -0.2) is 0 Å². The predicted octanol–water partition coefficient (Wildman–Crippen LogP) is 0.183. The predicted molar refractivity (Wildman–Crippen MR) is 108 cm³/mol. The second kappa shape index (κ2) is 14.6. The normalized spacial score (nSPS) is 13.6. The van der Waals surface area contributed by atoms with Crippen LogP contribution in [0.3, 0.4) is 0 Å². The summed E-state index contributed by atoms with van der Waals surface area (Å²) in [4.78, 5) is 46.0. The minimum atomic E-state index is -0.425. The Morgan fingerprint density at radius 3 is 2.07 bits per heavy atom. The van der Waals surface area contributed by atoms with E-state index in [2.05, 4.69) is 52.7 Å². The fourth-order valence-electron chi connectivity index (χ4n) is 1.68. The molecule has 1 atom stereocenters. The van der Waals surface area contributed by atoms with Gasteiger partial charge in [0, 0.05) is 25.5 Å². The molecule has 28 heavy (non-hydrogen) atoms. The number of rotatable bonds is 6. The summed E-state index contributed by atoms with van der Waals surface area (Å²) < 4.78 is 0. The molecule has 1 aliphatic rings. The average Bonchev–Trinajstić information content (AvgIpc) is 2.90. The van der Waals surface area contributed by atoms with E-state index in [1.165, 1.54) is 25.6 Å². The van der Waals surface area contributed by atoms with Gasteiger partial charge in [0.1, 0.15) is 12.5 Å². The molecule has 6 nitrogen and oxygen atoms in total. The first-order valence-electron chi connectivity index (χ1n) is 7.94. The van der Waals surface area contributed by atoms with Crippen molar-refractivity contribution in [2.75, 3.05) is 12.4 Å². The number of nitrogens with one attached hydrogen (secondary N) is 1. The number of thioether (sulfide) groups is 1. The van der Waals surface area contributed by atoms with Gasteiger partial charge < -0.3 is 5.32 Å². The van der Waals surface area contributed by atoms with E-state index in [-0.39, 0.29) is 36.6 Å². The van der Waals surface area contributed by atoms with Crippen LogP contribution in [-0.4, -0.2) is 46.1 Å². The summed E-state index contributed by atoms with van der Waals surface area (Å²) in [7, 11) is 0. The zero-order valence-corrected chi connectivity index (χ0v) is 16.4. The molecule has 1 heterocycles. The smallest absolute Gasteiger partial charge is 0.244 e. The van der Waals surface area contributed by atoms with Gasteiger partial charge >= 0.3 is 0 Å². The van der Waals surface area contributed by atoms with Crippen LogP contribution in [0.2, 0.25) is 0 Å². The Balaban J connectivity index is 0.000000621. The van der Waals surface area contributed by atoms with Crippen LogP contribution in [0.25, 0.3) is 0 Å². The summed E-state index contributed by atoms with van der Waals surface area (Å²) in [6.45, 7) is 2.74. The molecule has 1 fully saturated rings. The minimum absolute atomic E-state index is 0.0642. The summed E-state index contributed by atoms with van der Waals surface area (Å²) in [6, 6.07) is 0. The van der Waals surface area contributed by atoms with Crippen LogP contribution in [0.4, 0.5) is 0 Å². The molecule has 0 aromatic heterocycles. The molecule has 142 valence electrons. The zero-order valence-electron chi connectivity index (χ0n) is 15.5. The van der Waals surface area contributed by atoms with E-state index >= 15 is 0 Å². The standard InChI is InChI=1S/C11H16N2O4S.C10H2/c1-7(14)3-4-18-9-5-10(16)13(11(9)17)6-12-8(2)15;1-3-5-7-9-10-8-6-4-2/h9H,3-6H2,1-2H3,(H,12,15);1-2H. The summed E-state index contributed by atoms with van der Waals surface area (Å²) in [5.74, 6) is 18.1. The molecule has 1 rings (SSSR count). The highest BCUT2D eigenvalue weighted by Crippen LogP contribution is 2.25. The van der Waals surface area contributed by atoms with Gasteiger partial charge in [-0.15, -0.1) is 24.6 Å². The van der Waals surface area contributed by atoms with Crippen molar-refractivity contribution >= 4 is 35.3 Å². The molecule has 0 saturated carbocycles. The van der Waals surface area contributed by atoms with Crippen LogP contribution in [0.1, 0.15) is 26.7 Å². The molecule has 0 aromatic rings. The van der Waals surface area contributed by atoms with Gasteiger partial charge in [-0.2, -0.15) is 0 Å². The lowest BCUT2D eigenvalue weighted by Crippen LogP contribution is -2.40. The third-order valence-electron chi connectivity index (χ3n) is 2.92. The van der Waals surface area contributed by atoms with Gasteiger partial charge in [0.15, 0.2) is 0 Å². The highest BCUT2D eigenvalue weighted by Gasteiger charge is 2.38. The molecule has 1 aliphatic heterocycles. The maximum absolute atomic E-state index is 11.9. The number of terminal acetylenes is 2. The second-order valence-corrected chi connectivity index (χ2v) is 6.42. The molecule has 3 amide bonds. The van der Waals surface area contributed by atoms with Crippen LogP contribution in [0.5, 0.6) is 0 Å². The molecule has 1 unspecified atom stereocenters. The summed E-state index contributed by atoms with van der Waals surface area (Å²) in [5, 5.41) is 2.00. The number of imide groups is 1. The van der Waals surface area contributed by atoms with E-state index in [9.17, 15) is 19.2 Å². The van der Waals surface area contributed by atoms with Crippen LogP contribution >= 0.6 is 11.8 Å². The molecule has 0 spiro atoms. The maximum Gasteiger partial charge on any atom is 0.244 e. The van der Waals surface area contributed by atoms with Crippen molar-refractivity contribution in [3.05, 3.63) is 0 Å². The van der Waals surface area contributed by atoms with Crippen molar-refractivity contribution in [2.45, 2.75) is 31.9 Å². The maximum atomic E-state index is 11.9. The van der Waals surface area contributed by atoms with Gasteiger partial charge in [-0.05, 0) is 54.3 Å². The highest BCUT2D eigenvalue weighted by molar-refractivity contribution is 8.00. The first-order chi connectivity index (χ1) is 13.3. The molecular formula is C21H18N2O4S. The van der Waals surface area contributed by atoms with Crippen LogP contribution in [-0.2, 0) is 19.2 Å². The minimum Gasteiger partial charge on any atom is -0.338 e. The number of likely N-dealkylation sites (tertiary alicyclic amines) is 1. The van der Waals surface area contributed by atoms with Crippen molar-refractivity contribution in [1.29, 1.82) is 0 Å². The lowest BCUT2D eigenvalue weighted by Gasteiger charge is -2.14. The Morgan fingerprint density at radius 1 is 1.07 bits per heavy atom. The lowest BCUT2D eigenvalue weighted by atomic mass is 10.3. The first kappa shape index (κ1) is 24.4. The molecule has 1 N–H and O–H groups in total. The van der Waals surface area contributed by atoms with E-state index in [0.717, 1.165) is 4.90 Å². The number of carbonyl (C=O) groups excluding carboxylic acids is 4. The number of amides is 3. The summed E-state index contributed by atoms with van der Waals surface area (Å²) >= 11 is 1.32. The Kier molecular flexibility index (Phi) is 12.7. The number of carbonyl (C=O) groups is 4. The molecule has 7 heteroatoms.